The van der Waals surface area contributed by atoms with Gasteiger partial charge in [-0.1, -0.05) is 0 Å². The van der Waals surface area contributed by atoms with E-state index in [9.17, 15) is 9.90 Å². The van der Waals surface area contributed by atoms with Crippen LogP contribution in [0.5, 0.6) is 5.88 Å². The molecule has 0 aliphatic carbocycles. The SMILES string of the molecule is CCn1c(O)c(/C=N/Nc2ncccn2)c(C)c(C#N)c1=O. The number of aromatic nitrogens is 3. The minimum Gasteiger partial charge on any atom is -0.494 e. The topological polar surface area (TPSA) is 116 Å². The largest absolute Gasteiger partial charge is 0.494 e. The molecule has 22 heavy (non-hydrogen) atoms. The van der Waals surface area contributed by atoms with Crippen LogP contribution in [0.15, 0.2) is 28.4 Å². The van der Waals surface area contributed by atoms with Crippen LogP contribution in [-0.2, 0) is 6.54 Å². The standard InChI is InChI=1S/C14H14N6O2/c1-3-20-12(21)10(7-15)9(2)11(13(20)22)8-18-19-14-16-5-4-6-17-14/h4-6,8,22H,3H2,1-2H3,(H,16,17,19)/b18-8+. The molecule has 0 radical (unpaired) electrons. The van der Waals surface area contributed by atoms with E-state index in [0.29, 0.717) is 17.1 Å². The number of anilines is 1. The van der Waals surface area contributed by atoms with Crippen molar-refractivity contribution in [2.24, 2.45) is 5.10 Å². The van der Waals surface area contributed by atoms with Gasteiger partial charge in [0.15, 0.2) is 0 Å². The highest BCUT2D eigenvalue weighted by Crippen LogP contribution is 2.19. The number of aromatic hydroxyl groups is 1. The highest BCUT2D eigenvalue weighted by atomic mass is 16.3. The molecule has 2 aromatic heterocycles. The van der Waals surface area contributed by atoms with Gasteiger partial charge in [-0.2, -0.15) is 10.4 Å². The van der Waals surface area contributed by atoms with Gasteiger partial charge in [-0.15, -0.1) is 0 Å². The van der Waals surface area contributed by atoms with Gasteiger partial charge < -0.3 is 5.11 Å². The minimum absolute atomic E-state index is 0.0166. The van der Waals surface area contributed by atoms with Gasteiger partial charge in [-0.25, -0.2) is 15.4 Å². The van der Waals surface area contributed by atoms with Crippen LogP contribution in [0.3, 0.4) is 0 Å². The van der Waals surface area contributed by atoms with Crippen molar-refractivity contribution >= 4 is 12.2 Å². The Morgan fingerprint density at radius 3 is 2.77 bits per heavy atom. The van der Waals surface area contributed by atoms with E-state index in [4.69, 9.17) is 5.26 Å². The molecular weight excluding hydrogens is 284 g/mol. The van der Waals surface area contributed by atoms with Crippen molar-refractivity contribution in [3.8, 4) is 11.9 Å². The summed E-state index contributed by atoms with van der Waals surface area (Å²) >= 11 is 0. The maximum atomic E-state index is 12.0. The number of hydrogen-bond acceptors (Lipinski definition) is 7. The average molecular weight is 298 g/mol. The smallest absolute Gasteiger partial charge is 0.271 e. The highest BCUT2D eigenvalue weighted by Gasteiger charge is 2.16. The first-order valence-electron chi connectivity index (χ1n) is 6.52. The molecule has 2 rings (SSSR count). The Morgan fingerprint density at radius 2 is 2.18 bits per heavy atom. The summed E-state index contributed by atoms with van der Waals surface area (Å²) in [6.07, 6.45) is 4.44. The lowest BCUT2D eigenvalue weighted by molar-refractivity contribution is 0.409. The third-order valence-corrected chi connectivity index (χ3v) is 3.09. The van der Waals surface area contributed by atoms with Crippen molar-refractivity contribution in [3.63, 3.8) is 0 Å². The van der Waals surface area contributed by atoms with Crippen LogP contribution in [0.25, 0.3) is 0 Å². The van der Waals surface area contributed by atoms with Crippen LogP contribution < -0.4 is 11.0 Å². The van der Waals surface area contributed by atoms with Crippen molar-refractivity contribution in [2.75, 3.05) is 5.43 Å². The summed E-state index contributed by atoms with van der Waals surface area (Å²) in [4.78, 5) is 19.9. The molecule has 8 heteroatoms. The molecule has 0 aliphatic heterocycles. The van der Waals surface area contributed by atoms with Crippen LogP contribution in [0, 0.1) is 18.3 Å². The summed E-state index contributed by atoms with van der Waals surface area (Å²) in [5.74, 6) is 0.0590. The second kappa shape index (κ2) is 6.49. The molecule has 2 heterocycles. The minimum atomic E-state index is -0.517. The van der Waals surface area contributed by atoms with E-state index < -0.39 is 5.56 Å². The van der Waals surface area contributed by atoms with Gasteiger partial charge in [0.05, 0.1) is 11.8 Å². The van der Waals surface area contributed by atoms with Gasteiger partial charge in [0.1, 0.15) is 11.6 Å². The van der Waals surface area contributed by atoms with Crippen molar-refractivity contribution in [1.29, 1.82) is 5.26 Å². The van der Waals surface area contributed by atoms with Gasteiger partial charge >= 0.3 is 0 Å². The Kier molecular flexibility index (Phi) is 4.48. The molecule has 112 valence electrons. The molecule has 0 unspecified atom stereocenters. The Morgan fingerprint density at radius 1 is 1.50 bits per heavy atom. The van der Waals surface area contributed by atoms with E-state index in [0.717, 1.165) is 4.57 Å². The number of nitriles is 1. The lowest BCUT2D eigenvalue weighted by atomic mass is 10.1. The number of rotatable bonds is 4. The van der Waals surface area contributed by atoms with E-state index in [1.54, 1.807) is 32.3 Å². The third kappa shape index (κ3) is 2.78. The third-order valence-electron chi connectivity index (χ3n) is 3.09. The normalized spacial score (nSPS) is 10.6. The quantitative estimate of drug-likeness (QED) is 0.642. The Hall–Kier alpha value is -3.21. The molecule has 0 amide bonds. The zero-order valence-electron chi connectivity index (χ0n) is 12.1. The number of hydrogen-bond donors (Lipinski definition) is 2. The molecule has 0 aliphatic rings. The van der Waals surface area contributed by atoms with Crippen molar-refractivity contribution in [1.82, 2.24) is 14.5 Å². The first kappa shape index (κ1) is 15.2. The molecule has 0 aromatic carbocycles. The maximum absolute atomic E-state index is 12.0. The van der Waals surface area contributed by atoms with Gasteiger partial charge in [0.2, 0.25) is 11.8 Å². The lowest BCUT2D eigenvalue weighted by Gasteiger charge is -2.11. The Balaban J connectivity index is 2.43. The predicted molar refractivity (Wildman–Crippen MR) is 80.7 cm³/mol. The first-order chi connectivity index (χ1) is 10.6. The van der Waals surface area contributed by atoms with E-state index >= 15 is 0 Å². The van der Waals surface area contributed by atoms with Crippen molar-refractivity contribution in [3.05, 3.63) is 45.5 Å². The molecule has 0 atom stereocenters. The zero-order valence-corrected chi connectivity index (χ0v) is 12.1. The molecule has 0 saturated heterocycles. The molecule has 0 spiro atoms. The summed E-state index contributed by atoms with van der Waals surface area (Å²) in [6, 6.07) is 3.53. The maximum Gasteiger partial charge on any atom is 0.271 e. The summed E-state index contributed by atoms with van der Waals surface area (Å²) < 4.78 is 1.12. The fourth-order valence-electron chi connectivity index (χ4n) is 1.93. The predicted octanol–water partition coefficient (Wildman–Crippen LogP) is 0.990. The summed E-state index contributed by atoms with van der Waals surface area (Å²) in [7, 11) is 0. The molecule has 0 bridgehead atoms. The summed E-state index contributed by atoms with van der Waals surface area (Å²) in [5.41, 5.74) is 2.73. The van der Waals surface area contributed by atoms with E-state index in [2.05, 4.69) is 20.5 Å². The monoisotopic (exact) mass is 298 g/mol. The average Bonchev–Trinajstić information content (AvgIpc) is 2.52. The molecule has 0 saturated carbocycles. The van der Waals surface area contributed by atoms with Gasteiger partial charge in [-0.3, -0.25) is 9.36 Å². The van der Waals surface area contributed by atoms with Gasteiger partial charge in [0, 0.05) is 18.9 Å². The van der Waals surface area contributed by atoms with Gasteiger partial charge in [-0.05, 0) is 25.5 Å². The second-order valence-corrected chi connectivity index (χ2v) is 4.34. The fraction of sp³-hybridized carbons (Fsp3) is 0.214. The molecule has 2 aromatic rings. The van der Waals surface area contributed by atoms with Crippen LogP contribution in [0.2, 0.25) is 0 Å². The van der Waals surface area contributed by atoms with Crippen LogP contribution in [0.4, 0.5) is 5.95 Å². The highest BCUT2D eigenvalue weighted by molar-refractivity contribution is 5.85. The van der Waals surface area contributed by atoms with Crippen LogP contribution >= 0.6 is 0 Å². The molecule has 8 nitrogen and oxygen atoms in total. The summed E-state index contributed by atoms with van der Waals surface area (Å²) in [6.45, 7) is 3.53. The fourth-order valence-corrected chi connectivity index (χ4v) is 1.93. The molecular formula is C14H14N6O2. The Labute approximate surface area is 126 Å². The number of nitrogens with zero attached hydrogens (tertiary/aromatic N) is 5. The summed E-state index contributed by atoms with van der Waals surface area (Å²) in [5, 5.41) is 23.2. The van der Waals surface area contributed by atoms with Gasteiger partial charge in [0.25, 0.3) is 5.56 Å². The second-order valence-electron chi connectivity index (χ2n) is 4.34. The van der Waals surface area contributed by atoms with E-state index in [1.165, 1.54) is 6.21 Å². The van der Waals surface area contributed by atoms with Crippen LogP contribution in [0.1, 0.15) is 23.6 Å². The van der Waals surface area contributed by atoms with Crippen molar-refractivity contribution in [2.45, 2.75) is 20.4 Å². The molecule has 0 fully saturated rings. The first-order valence-corrected chi connectivity index (χ1v) is 6.52. The van der Waals surface area contributed by atoms with E-state index in [1.807, 2.05) is 6.07 Å². The Bertz CT molecular complexity index is 805. The molecule has 2 N–H and O–H groups in total. The van der Waals surface area contributed by atoms with Crippen LogP contribution in [-0.4, -0.2) is 25.9 Å². The number of nitrogens with one attached hydrogen (secondary N) is 1. The van der Waals surface area contributed by atoms with E-state index in [-0.39, 0.29) is 18.0 Å². The zero-order chi connectivity index (χ0) is 16.1. The lowest BCUT2D eigenvalue weighted by Crippen LogP contribution is -2.24. The number of hydrazone groups is 1. The number of pyridine rings is 1. The van der Waals surface area contributed by atoms with Crippen molar-refractivity contribution < 1.29 is 5.11 Å².